The summed E-state index contributed by atoms with van der Waals surface area (Å²) in [6, 6.07) is 7.78. The molecule has 1 aromatic carbocycles. The number of nitrogens with zero attached hydrogens (tertiary/aromatic N) is 1. The minimum absolute atomic E-state index is 0.560. The maximum Gasteiger partial charge on any atom is 0.264 e. The summed E-state index contributed by atoms with van der Waals surface area (Å²) in [7, 11) is 0. The zero-order chi connectivity index (χ0) is 10.3. The third kappa shape index (κ3) is 1.26. The Kier molecular flexibility index (Phi) is 1.68. The van der Waals surface area contributed by atoms with Gasteiger partial charge in [-0.1, -0.05) is 12.1 Å². The third-order valence-corrected chi connectivity index (χ3v) is 2.50. The quantitative estimate of drug-likeness (QED) is 0.713. The van der Waals surface area contributed by atoms with Crippen molar-refractivity contribution in [1.82, 2.24) is 5.16 Å². The Morgan fingerprint density at radius 2 is 2.20 bits per heavy atom. The molecule has 0 radical (unpaired) electrons. The molecule has 0 saturated carbocycles. The molecule has 76 valence electrons. The lowest BCUT2D eigenvalue weighted by atomic mass is 10.2. The first-order valence-electron chi connectivity index (χ1n) is 4.80. The average Bonchev–Trinajstić information content (AvgIpc) is 2.51. The van der Waals surface area contributed by atoms with E-state index in [-0.39, 0.29) is 0 Å². The number of aryl methyl sites for hydroxylation is 1. The SMILES string of the molecule is Cc1onc2c1CNc1ccccc1O2. The Morgan fingerprint density at radius 1 is 1.33 bits per heavy atom. The molecule has 1 aliphatic rings. The van der Waals surface area contributed by atoms with Crippen LogP contribution in [0.15, 0.2) is 28.8 Å². The molecular formula is C11H10N2O2. The lowest BCUT2D eigenvalue weighted by molar-refractivity contribution is 0.355. The molecule has 2 heterocycles. The number of nitrogens with one attached hydrogen (secondary N) is 1. The summed E-state index contributed by atoms with van der Waals surface area (Å²) in [6.07, 6.45) is 0. The molecule has 4 nitrogen and oxygen atoms in total. The molecule has 0 spiro atoms. The van der Waals surface area contributed by atoms with Gasteiger partial charge in [-0.2, -0.15) is 0 Å². The second kappa shape index (κ2) is 3.02. The van der Waals surface area contributed by atoms with Gasteiger partial charge in [0.15, 0.2) is 5.75 Å². The van der Waals surface area contributed by atoms with E-state index in [1.54, 1.807) is 0 Å². The van der Waals surface area contributed by atoms with Crippen LogP contribution >= 0.6 is 0 Å². The summed E-state index contributed by atoms with van der Waals surface area (Å²) in [5, 5.41) is 7.16. The van der Waals surface area contributed by atoms with Crippen molar-refractivity contribution in [2.45, 2.75) is 13.5 Å². The van der Waals surface area contributed by atoms with E-state index in [1.807, 2.05) is 31.2 Å². The van der Waals surface area contributed by atoms with Crippen LogP contribution < -0.4 is 10.1 Å². The van der Waals surface area contributed by atoms with Crippen LogP contribution in [0.25, 0.3) is 0 Å². The molecule has 0 amide bonds. The minimum atomic E-state index is 0.560. The normalized spacial score (nSPS) is 13.1. The average molecular weight is 202 g/mol. The highest BCUT2D eigenvalue weighted by atomic mass is 16.5. The highest BCUT2D eigenvalue weighted by molar-refractivity contribution is 5.59. The third-order valence-electron chi connectivity index (χ3n) is 2.50. The van der Waals surface area contributed by atoms with Gasteiger partial charge >= 0.3 is 0 Å². The number of hydrogen-bond acceptors (Lipinski definition) is 4. The number of fused-ring (bicyclic) bond motifs is 2. The van der Waals surface area contributed by atoms with E-state index in [0.29, 0.717) is 12.4 Å². The van der Waals surface area contributed by atoms with Crippen LogP contribution in [0.3, 0.4) is 0 Å². The van der Waals surface area contributed by atoms with E-state index in [2.05, 4.69) is 10.5 Å². The monoisotopic (exact) mass is 202 g/mol. The van der Waals surface area contributed by atoms with Gasteiger partial charge in [0.25, 0.3) is 5.88 Å². The molecule has 0 unspecified atom stereocenters. The molecule has 0 aliphatic carbocycles. The van der Waals surface area contributed by atoms with Crippen molar-refractivity contribution in [3.05, 3.63) is 35.6 Å². The van der Waals surface area contributed by atoms with Gasteiger partial charge in [-0.15, -0.1) is 0 Å². The molecule has 2 aromatic rings. The van der Waals surface area contributed by atoms with Crippen LogP contribution in [0.5, 0.6) is 11.6 Å². The van der Waals surface area contributed by atoms with Gasteiger partial charge in [0.05, 0.1) is 11.3 Å². The fraction of sp³-hybridized carbons (Fsp3) is 0.182. The first kappa shape index (κ1) is 8.35. The van der Waals surface area contributed by atoms with E-state index >= 15 is 0 Å². The Hall–Kier alpha value is -1.97. The van der Waals surface area contributed by atoms with E-state index < -0.39 is 0 Å². The van der Waals surface area contributed by atoms with Gasteiger partial charge in [0.2, 0.25) is 0 Å². The van der Waals surface area contributed by atoms with Crippen molar-refractivity contribution < 1.29 is 9.26 Å². The molecule has 1 aromatic heterocycles. The summed E-state index contributed by atoms with van der Waals surface area (Å²) in [5.41, 5.74) is 1.96. The molecule has 0 atom stereocenters. The van der Waals surface area contributed by atoms with Gasteiger partial charge in [-0.3, -0.25) is 0 Å². The first-order valence-corrected chi connectivity index (χ1v) is 4.80. The summed E-state index contributed by atoms with van der Waals surface area (Å²) in [6.45, 7) is 2.56. The minimum Gasteiger partial charge on any atom is -0.434 e. The lowest BCUT2D eigenvalue weighted by Crippen LogP contribution is -1.97. The smallest absolute Gasteiger partial charge is 0.264 e. The van der Waals surface area contributed by atoms with Crippen molar-refractivity contribution in [3.8, 4) is 11.6 Å². The highest BCUT2D eigenvalue weighted by Crippen LogP contribution is 2.35. The van der Waals surface area contributed by atoms with Crippen LogP contribution in [0, 0.1) is 6.92 Å². The molecule has 0 saturated heterocycles. The van der Waals surface area contributed by atoms with E-state index in [9.17, 15) is 0 Å². The zero-order valence-electron chi connectivity index (χ0n) is 8.28. The van der Waals surface area contributed by atoms with Crippen molar-refractivity contribution in [3.63, 3.8) is 0 Å². The molecule has 0 bridgehead atoms. The van der Waals surface area contributed by atoms with E-state index in [0.717, 1.165) is 22.8 Å². The fourth-order valence-corrected chi connectivity index (χ4v) is 1.64. The van der Waals surface area contributed by atoms with Crippen molar-refractivity contribution >= 4 is 5.69 Å². The molecule has 15 heavy (non-hydrogen) atoms. The number of aromatic nitrogens is 1. The molecule has 1 N–H and O–H groups in total. The second-order valence-corrected chi connectivity index (χ2v) is 3.47. The number of ether oxygens (including phenoxy) is 1. The highest BCUT2D eigenvalue weighted by Gasteiger charge is 2.19. The maximum atomic E-state index is 5.66. The summed E-state index contributed by atoms with van der Waals surface area (Å²) >= 11 is 0. The Bertz CT molecular complexity index is 505. The topological polar surface area (TPSA) is 47.3 Å². The van der Waals surface area contributed by atoms with Gasteiger partial charge < -0.3 is 14.6 Å². The van der Waals surface area contributed by atoms with Gasteiger partial charge in [0, 0.05) is 6.54 Å². The predicted octanol–water partition coefficient (Wildman–Crippen LogP) is 2.70. The molecular weight excluding hydrogens is 192 g/mol. The Labute approximate surface area is 86.8 Å². The summed E-state index contributed by atoms with van der Waals surface area (Å²) in [4.78, 5) is 0. The summed E-state index contributed by atoms with van der Waals surface area (Å²) in [5.74, 6) is 2.14. The van der Waals surface area contributed by atoms with Gasteiger partial charge in [-0.25, -0.2) is 0 Å². The van der Waals surface area contributed by atoms with Crippen LogP contribution in [-0.2, 0) is 6.54 Å². The van der Waals surface area contributed by atoms with Gasteiger partial charge in [-0.05, 0) is 24.2 Å². The van der Waals surface area contributed by atoms with Crippen LogP contribution in [0.2, 0.25) is 0 Å². The molecule has 0 fully saturated rings. The van der Waals surface area contributed by atoms with Crippen molar-refractivity contribution in [1.29, 1.82) is 0 Å². The van der Waals surface area contributed by atoms with Crippen molar-refractivity contribution in [2.24, 2.45) is 0 Å². The number of hydrogen-bond donors (Lipinski definition) is 1. The second-order valence-electron chi connectivity index (χ2n) is 3.47. The van der Waals surface area contributed by atoms with Gasteiger partial charge in [0.1, 0.15) is 5.76 Å². The fourth-order valence-electron chi connectivity index (χ4n) is 1.64. The zero-order valence-corrected chi connectivity index (χ0v) is 8.28. The lowest BCUT2D eigenvalue weighted by Gasteiger charge is -2.05. The molecule has 3 rings (SSSR count). The first-order chi connectivity index (χ1) is 7.34. The number of para-hydroxylation sites is 2. The summed E-state index contributed by atoms with van der Waals surface area (Å²) < 4.78 is 10.7. The molecule has 1 aliphatic heterocycles. The number of rotatable bonds is 0. The number of benzene rings is 1. The standard InChI is InChI=1S/C11H10N2O2/c1-7-8-6-12-9-4-2-3-5-10(9)14-11(8)13-15-7/h2-5,12H,6H2,1H3. The van der Waals surface area contributed by atoms with E-state index in [1.165, 1.54) is 0 Å². The predicted molar refractivity (Wildman–Crippen MR) is 55.1 cm³/mol. The largest absolute Gasteiger partial charge is 0.434 e. The van der Waals surface area contributed by atoms with E-state index in [4.69, 9.17) is 9.26 Å². The maximum absolute atomic E-state index is 5.66. The van der Waals surface area contributed by atoms with Crippen molar-refractivity contribution in [2.75, 3.05) is 5.32 Å². The number of anilines is 1. The van der Waals surface area contributed by atoms with Crippen LogP contribution in [0.4, 0.5) is 5.69 Å². The van der Waals surface area contributed by atoms with Crippen LogP contribution in [0.1, 0.15) is 11.3 Å². The molecule has 4 heteroatoms. The Morgan fingerprint density at radius 3 is 3.13 bits per heavy atom. The Balaban J connectivity index is 2.10. The van der Waals surface area contributed by atoms with Crippen LogP contribution in [-0.4, -0.2) is 5.16 Å².